The Balaban J connectivity index is 1.81. The van der Waals surface area contributed by atoms with Gasteiger partial charge in [0.15, 0.2) is 6.17 Å². The van der Waals surface area contributed by atoms with Crippen molar-refractivity contribution in [3.63, 3.8) is 0 Å². The van der Waals surface area contributed by atoms with Gasteiger partial charge in [0, 0.05) is 23.3 Å². The highest BCUT2D eigenvalue weighted by Crippen LogP contribution is 2.37. The van der Waals surface area contributed by atoms with Gasteiger partial charge in [-0.05, 0) is 59.3 Å². The van der Waals surface area contributed by atoms with Crippen molar-refractivity contribution in [3.8, 4) is 23.0 Å². The molecule has 208 valence electrons. The summed E-state index contributed by atoms with van der Waals surface area (Å²) in [5.41, 5.74) is -0.150. The Morgan fingerprint density at radius 2 is 1.49 bits per heavy atom. The first kappa shape index (κ1) is 28.4. The van der Waals surface area contributed by atoms with E-state index in [9.17, 15) is 4.39 Å². The molecule has 1 aromatic heterocycles. The number of hydrogen-bond donors (Lipinski definition) is 0. The van der Waals surface area contributed by atoms with Crippen LogP contribution in [0.3, 0.4) is 0 Å². The molecule has 2 atom stereocenters. The van der Waals surface area contributed by atoms with Gasteiger partial charge >= 0.3 is 0 Å². The van der Waals surface area contributed by atoms with Crippen LogP contribution in [-0.4, -0.2) is 57.1 Å². The molecule has 3 aromatic rings. The van der Waals surface area contributed by atoms with Gasteiger partial charge in [0.2, 0.25) is 0 Å². The number of hydrogen-bond acceptors (Lipinski definition) is 8. The SMILES string of the molecule is COc1ccc(CN(Cc2ccc(OC)cc2OC)C2=N[C@](C)(c3nc(Br)ccc3F)[C@@H](F)CO2)c(OC)c1. The number of halogens is 3. The number of alkyl halides is 1. The molecule has 1 aliphatic rings. The first-order chi connectivity index (χ1) is 18.7. The molecule has 39 heavy (non-hydrogen) atoms. The minimum Gasteiger partial charge on any atom is -0.497 e. The molecule has 0 amide bonds. The minimum atomic E-state index is -1.63. The third-order valence-corrected chi connectivity index (χ3v) is 7.01. The molecule has 11 heteroatoms. The third-order valence-electron chi connectivity index (χ3n) is 6.57. The Hall–Kier alpha value is -3.60. The highest BCUT2D eigenvalue weighted by Gasteiger charge is 2.45. The smallest absolute Gasteiger partial charge is 0.289 e. The number of pyridine rings is 1. The summed E-state index contributed by atoms with van der Waals surface area (Å²) in [4.78, 5) is 10.7. The van der Waals surface area contributed by atoms with E-state index in [0.29, 0.717) is 27.6 Å². The van der Waals surface area contributed by atoms with Gasteiger partial charge in [-0.2, -0.15) is 0 Å². The van der Waals surface area contributed by atoms with Crippen molar-refractivity contribution in [1.82, 2.24) is 9.88 Å². The molecule has 2 heterocycles. The van der Waals surface area contributed by atoms with Gasteiger partial charge in [-0.1, -0.05) is 0 Å². The second-order valence-electron chi connectivity index (χ2n) is 9.00. The summed E-state index contributed by atoms with van der Waals surface area (Å²) in [6, 6.07) is 13.7. The molecule has 0 spiro atoms. The van der Waals surface area contributed by atoms with E-state index in [1.165, 1.54) is 19.1 Å². The van der Waals surface area contributed by atoms with Gasteiger partial charge in [0.1, 0.15) is 51.3 Å². The highest BCUT2D eigenvalue weighted by molar-refractivity contribution is 9.10. The maximum absolute atomic E-state index is 15.4. The number of nitrogens with zero attached hydrogens (tertiary/aromatic N) is 3. The predicted octanol–water partition coefficient (Wildman–Crippen LogP) is 5.66. The first-order valence-electron chi connectivity index (χ1n) is 12.1. The van der Waals surface area contributed by atoms with Crippen LogP contribution in [0.5, 0.6) is 23.0 Å². The number of rotatable bonds is 9. The predicted molar refractivity (Wildman–Crippen MR) is 146 cm³/mol. The molecule has 8 nitrogen and oxygen atoms in total. The van der Waals surface area contributed by atoms with Crippen LogP contribution >= 0.6 is 15.9 Å². The molecule has 1 aliphatic heterocycles. The largest absolute Gasteiger partial charge is 0.497 e. The fourth-order valence-corrected chi connectivity index (χ4v) is 4.62. The quantitative estimate of drug-likeness (QED) is 0.291. The van der Waals surface area contributed by atoms with Crippen LogP contribution in [0, 0.1) is 5.82 Å². The van der Waals surface area contributed by atoms with Gasteiger partial charge in [-0.3, -0.25) is 0 Å². The van der Waals surface area contributed by atoms with Crippen molar-refractivity contribution in [2.75, 3.05) is 35.0 Å². The molecule has 0 aliphatic carbocycles. The summed E-state index contributed by atoms with van der Waals surface area (Å²) >= 11 is 3.26. The normalized spacial score (nSPS) is 18.6. The van der Waals surface area contributed by atoms with E-state index < -0.39 is 17.5 Å². The van der Waals surface area contributed by atoms with Gasteiger partial charge in [0.05, 0.1) is 41.5 Å². The molecule has 0 unspecified atom stereocenters. The number of amidine groups is 1. The summed E-state index contributed by atoms with van der Waals surface area (Å²) in [5, 5.41) is 0. The minimum absolute atomic E-state index is 0.116. The van der Waals surface area contributed by atoms with E-state index in [2.05, 4.69) is 25.9 Å². The maximum atomic E-state index is 15.4. The molecular formula is C28H30BrF2N3O5. The first-order valence-corrected chi connectivity index (χ1v) is 12.9. The second-order valence-corrected chi connectivity index (χ2v) is 9.81. The molecule has 0 radical (unpaired) electrons. The number of methoxy groups -OCH3 is 4. The van der Waals surface area contributed by atoms with Gasteiger partial charge in [0.25, 0.3) is 6.02 Å². The van der Waals surface area contributed by atoms with Crippen LogP contribution < -0.4 is 18.9 Å². The number of benzene rings is 2. The lowest BCUT2D eigenvalue weighted by Crippen LogP contribution is -2.46. The van der Waals surface area contributed by atoms with Crippen molar-refractivity contribution in [3.05, 3.63) is 75.8 Å². The fraction of sp³-hybridized carbons (Fsp3) is 0.357. The fourth-order valence-electron chi connectivity index (χ4n) is 4.31. The van der Waals surface area contributed by atoms with Gasteiger partial charge in [-0.25, -0.2) is 18.8 Å². The molecule has 0 saturated heterocycles. The van der Waals surface area contributed by atoms with Crippen molar-refractivity contribution in [1.29, 1.82) is 0 Å². The van der Waals surface area contributed by atoms with Crippen molar-refractivity contribution in [2.45, 2.75) is 31.7 Å². The Bertz CT molecular complexity index is 1300. The molecule has 0 N–H and O–H groups in total. The topological polar surface area (TPSA) is 74.6 Å². The van der Waals surface area contributed by atoms with Crippen LogP contribution in [0.15, 0.2) is 58.1 Å². The Labute approximate surface area is 234 Å². The van der Waals surface area contributed by atoms with E-state index >= 15 is 4.39 Å². The van der Waals surface area contributed by atoms with Crippen molar-refractivity contribution in [2.24, 2.45) is 4.99 Å². The number of aliphatic imine (C=N–C) groups is 1. The molecule has 2 aromatic carbocycles. The molecule has 4 rings (SSSR count). The van der Waals surface area contributed by atoms with E-state index in [0.717, 1.165) is 11.1 Å². The summed E-state index contributed by atoms with van der Waals surface area (Å²) in [6.07, 6.45) is -1.63. The average molecular weight is 606 g/mol. The van der Waals surface area contributed by atoms with E-state index in [4.69, 9.17) is 23.7 Å². The van der Waals surface area contributed by atoms with E-state index in [-0.39, 0.29) is 31.4 Å². The van der Waals surface area contributed by atoms with Crippen LogP contribution in [-0.2, 0) is 23.4 Å². The molecule has 0 fully saturated rings. The Morgan fingerprint density at radius 3 is 2.00 bits per heavy atom. The van der Waals surface area contributed by atoms with Crippen LogP contribution in [0.1, 0.15) is 23.7 Å². The standard InChI is InChI=1S/C28H30BrF2N3O5/c1-28(26-21(30)10-11-25(29)32-26)24(31)16-39-27(33-28)34(14-17-6-8-19(35-2)12-22(17)37-4)15-18-7-9-20(36-3)13-23(18)38-5/h6-13,24H,14-16H2,1-5H3/t24-,28-/m0/s1. The number of aromatic nitrogens is 1. The summed E-state index contributed by atoms with van der Waals surface area (Å²) in [7, 11) is 6.28. The second kappa shape index (κ2) is 12.1. The Kier molecular flexibility index (Phi) is 8.79. The molecule has 0 bridgehead atoms. The highest BCUT2D eigenvalue weighted by atomic mass is 79.9. The molecule has 0 saturated carbocycles. The lowest BCUT2D eigenvalue weighted by Gasteiger charge is -2.37. The molecular weight excluding hydrogens is 576 g/mol. The van der Waals surface area contributed by atoms with Crippen molar-refractivity contribution < 1.29 is 32.5 Å². The van der Waals surface area contributed by atoms with Crippen LogP contribution in [0.25, 0.3) is 0 Å². The lowest BCUT2D eigenvalue weighted by molar-refractivity contribution is 0.0695. The Morgan fingerprint density at radius 1 is 0.923 bits per heavy atom. The lowest BCUT2D eigenvalue weighted by atomic mass is 9.91. The number of ether oxygens (including phenoxy) is 5. The summed E-state index contributed by atoms with van der Waals surface area (Å²) in [5.74, 6) is 1.78. The van der Waals surface area contributed by atoms with E-state index in [1.54, 1.807) is 40.6 Å². The third kappa shape index (κ3) is 6.03. The van der Waals surface area contributed by atoms with Gasteiger partial charge < -0.3 is 28.6 Å². The van der Waals surface area contributed by atoms with Crippen LogP contribution in [0.4, 0.5) is 8.78 Å². The van der Waals surface area contributed by atoms with Crippen LogP contribution in [0.2, 0.25) is 0 Å². The summed E-state index contributed by atoms with van der Waals surface area (Å²) in [6.45, 7) is 1.71. The van der Waals surface area contributed by atoms with Crippen molar-refractivity contribution >= 4 is 22.0 Å². The monoisotopic (exact) mass is 605 g/mol. The zero-order valence-electron chi connectivity index (χ0n) is 22.3. The zero-order chi connectivity index (χ0) is 28.2. The zero-order valence-corrected chi connectivity index (χ0v) is 23.9. The average Bonchev–Trinajstić information content (AvgIpc) is 2.95. The maximum Gasteiger partial charge on any atom is 0.289 e. The van der Waals surface area contributed by atoms with Gasteiger partial charge in [-0.15, -0.1) is 0 Å². The summed E-state index contributed by atoms with van der Waals surface area (Å²) < 4.78 is 58.4. The van der Waals surface area contributed by atoms with E-state index in [1.807, 2.05) is 29.2 Å².